The van der Waals surface area contributed by atoms with Crippen LogP contribution in [0.4, 0.5) is 26.3 Å². The van der Waals surface area contributed by atoms with Gasteiger partial charge in [0.2, 0.25) is 5.92 Å². The summed E-state index contributed by atoms with van der Waals surface area (Å²) in [6.45, 7) is 1.19. The molecular weight excluding hydrogens is 270 g/mol. The molecule has 0 rings (SSSR count). The number of hydrogen-bond acceptors (Lipinski definition) is 2. The van der Waals surface area contributed by atoms with E-state index in [1.54, 1.807) is 0 Å². The zero-order valence-electron chi connectivity index (χ0n) is 8.99. The minimum atomic E-state index is -4.39. The summed E-state index contributed by atoms with van der Waals surface area (Å²) in [5, 5.41) is -0.362. The van der Waals surface area contributed by atoms with Crippen molar-refractivity contribution in [1.82, 2.24) is 0 Å². The molecular formula is C9H12F6OS. The molecule has 0 fully saturated rings. The van der Waals surface area contributed by atoms with Gasteiger partial charge in [0.1, 0.15) is 0 Å². The molecule has 0 unspecified atom stereocenters. The summed E-state index contributed by atoms with van der Waals surface area (Å²) >= 11 is 0.643. The van der Waals surface area contributed by atoms with Crippen LogP contribution in [0.15, 0.2) is 0 Å². The Bertz CT molecular complexity index is 256. The summed E-state index contributed by atoms with van der Waals surface area (Å²) in [6, 6.07) is 0. The predicted octanol–water partition coefficient (Wildman–Crippen LogP) is 3.97. The number of carbonyl (C=O) groups is 1. The Morgan fingerprint density at radius 3 is 2.06 bits per heavy atom. The van der Waals surface area contributed by atoms with Crippen molar-refractivity contribution >= 4 is 16.9 Å². The largest absolute Gasteiger partial charge is 0.307 e. The van der Waals surface area contributed by atoms with E-state index in [0.29, 0.717) is 11.8 Å². The van der Waals surface area contributed by atoms with E-state index in [1.807, 2.05) is 0 Å². The van der Waals surface area contributed by atoms with Gasteiger partial charge in [0, 0.05) is 31.9 Å². The third kappa shape index (κ3) is 7.51. The topological polar surface area (TPSA) is 17.1 Å². The highest BCUT2D eigenvalue weighted by Gasteiger charge is 2.43. The van der Waals surface area contributed by atoms with Crippen molar-refractivity contribution in [2.75, 3.05) is 5.75 Å². The van der Waals surface area contributed by atoms with Crippen molar-refractivity contribution in [1.29, 1.82) is 0 Å². The molecule has 0 aromatic rings. The van der Waals surface area contributed by atoms with Gasteiger partial charge in [-0.15, -0.1) is 0 Å². The molecule has 17 heavy (non-hydrogen) atoms. The van der Waals surface area contributed by atoms with Crippen LogP contribution in [0.5, 0.6) is 0 Å². The van der Waals surface area contributed by atoms with Crippen LogP contribution in [0, 0.1) is 0 Å². The molecule has 0 aliphatic rings. The molecule has 0 aliphatic carbocycles. The normalized spacial score (nSPS) is 13.2. The Balaban J connectivity index is 4.04. The second-order valence-corrected chi connectivity index (χ2v) is 4.78. The van der Waals surface area contributed by atoms with Crippen LogP contribution in [0.1, 0.15) is 26.2 Å². The first kappa shape index (κ1) is 16.6. The minimum Gasteiger partial charge on any atom is -0.288 e. The predicted molar refractivity (Wildman–Crippen MR) is 52.9 cm³/mol. The van der Waals surface area contributed by atoms with Crippen molar-refractivity contribution in [3.05, 3.63) is 0 Å². The lowest BCUT2D eigenvalue weighted by Gasteiger charge is -2.20. The number of halogens is 6. The van der Waals surface area contributed by atoms with Gasteiger partial charge in [-0.25, -0.2) is 26.3 Å². The van der Waals surface area contributed by atoms with Crippen molar-refractivity contribution in [3.8, 4) is 0 Å². The monoisotopic (exact) mass is 282 g/mol. The first-order valence-corrected chi connectivity index (χ1v) is 5.72. The van der Waals surface area contributed by atoms with Crippen molar-refractivity contribution < 1.29 is 31.1 Å². The van der Waals surface area contributed by atoms with E-state index in [9.17, 15) is 31.1 Å². The maximum Gasteiger partial charge on any atom is 0.307 e. The zero-order valence-corrected chi connectivity index (χ0v) is 9.81. The Hall–Kier alpha value is -0.400. The Labute approximate surface area is 98.9 Å². The van der Waals surface area contributed by atoms with Gasteiger partial charge in [-0.1, -0.05) is 11.8 Å². The van der Waals surface area contributed by atoms with Gasteiger partial charge in [0.05, 0.1) is 0 Å². The van der Waals surface area contributed by atoms with Crippen molar-refractivity contribution in [2.24, 2.45) is 0 Å². The Kier molecular flexibility index (Phi) is 6.36. The highest BCUT2D eigenvalue weighted by atomic mass is 32.2. The molecule has 0 aromatic heterocycles. The average molecular weight is 282 g/mol. The second kappa shape index (κ2) is 6.51. The van der Waals surface area contributed by atoms with E-state index in [1.165, 1.54) is 6.92 Å². The molecule has 0 bridgehead atoms. The fourth-order valence-corrected chi connectivity index (χ4v) is 1.62. The molecule has 8 heteroatoms. The molecule has 0 radical (unpaired) electrons. The summed E-state index contributed by atoms with van der Waals surface area (Å²) in [5.74, 6) is -8.07. The van der Waals surface area contributed by atoms with E-state index in [4.69, 9.17) is 0 Å². The van der Waals surface area contributed by atoms with Crippen LogP contribution >= 0.6 is 11.8 Å². The lowest BCUT2D eigenvalue weighted by molar-refractivity contribution is -0.146. The fraction of sp³-hybridized carbons (Fsp3) is 0.889. The molecule has 102 valence electrons. The van der Waals surface area contributed by atoms with Crippen molar-refractivity contribution in [2.45, 2.75) is 44.5 Å². The SMILES string of the molecule is CC(=O)SCCC(F)(F)CCC(F)(F)C(F)F. The van der Waals surface area contributed by atoms with Crippen molar-refractivity contribution in [3.63, 3.8) is 0 Å². The first-order chi connectivity index (χ1) is 7.57. The van der Waals surface area contributed by atoms with Gasteiger partial charge >= 0.3 is 12.3 Å². The van der Waals surface area contributed by atoms with E-state index >= 15 is 0 Å². The number of hydrogen-bond donors (Lipinski definition) is 0. The summed E-state index contributed by atoms with van der Waals surface area (Å²) in [4.78, 5) is 10.4. The maximum absolute atomic E-state index is 13.0. The van der Waals surface area contributed by atoms with Crippen LogP contribution in [0.3, 0.4) is 0 Å². The van der Waals surface area contributed by atoms with Gasteiger partial charge in [-0.3, -0.25) is 4.79 Å². The molecule has 0 aromatic carbocycles. The second-order valence-electron chi connectivity index (χ2n) is 3.51. The van der Waals surface area contributed by atoms with Crippen LogP contribution in [-0.4, -0.2) is 29.1 Å². The number of carbonyl (C=O) groups excluding carboxylic acids is 1. The smallest absolute Gasteiger partial charge is 0.288 e. The van der Waals surface area contributed by atoms with Gasteiger partial charge < -0.3 is 0 Å². The molecule has 0 saturated heterocycles. The average Bonchev–Trinajstić information content (AvgIpc) is 2.14. The summed E-state index contributed by atoms with van der Waals surface area (Å²) in [5.41, 5.74) is 0. The van der Waals surface area contributed by atoms with E-state index < -0.39 is 37.5 Å². The van der Waals surface area contributed by atoms with Crippen LogP contribution in [0.2, 0.25) is 0 Å². The van der Waals surface area contributed by atoms with Gasteiger partial charge in [-0.05, 0) is 0 Å². The molecule has 1 nitrogen and oxygen atoms in total. The third-order valence-corrected chi connectivity index (χ3v) is 2.73. The number of thioether (sulfide) groups is 1. The van der Waals surface area contributed by atoms with E-state index in [0.717, 1.165) is 0 Å². The zero-order chi connectivity index (χ0) is 13.7. The van der Waals surface area contributed by atoms with E-state index in [2.05, 4.69) is 0 Å². The fourth-order valence-electron chi connectivity index (χ4n) is 0.928. The highest BCUT2D eigenvalue weighted by Crippen LogP contribution is 2.34. The number of rotatable bonds is 7. The minimum absolute atomic E-state index is 0.220. The standard InChI is InChI=1S/C9H12F6OS/c1-6(16)17-5-4-8(12,13)2-3-9(14,15)7(10)11/h7H,2-5H2,1H3. The molecule has 0 N–H and O–H groups in total. The quantitative estimate of drug-likeness (QED) is 0.657. The first-order valence-electron chi connectivity index (χ1n) is 4.74. The maximum atomic E-state index is 13.0. The summed E-state index contributed by atoms with van der Waals surface area (Å²) in [7, 11) is 0. The van der Waals surface area contributed by atoms with Crippen LogP contribution in [0.25, 0.3) is 0 Å². The van der Waals surface area contributed by atoms with Crippen LogP contribution in [-0.2, 0) is 4.79 Å². The lowest BCUT2D eigenvalue weighted by Crippen LogP contribution is -2.30. The summed E-state index contributed by atoms with van der Waals surface area (Å²) < 4.78 is 74.1. The molecule has 0 amide bonds. The number of alkyl halides is 6. The molecule has 0 aliphatic heterocycles. The highest BCUT2D eigenvalue weighted by molar-refractivity contribution is 8.13. The lowest BCUT2D eigenvalue weighted by atomic mass is 10.1. The van der Waals surface area contributed by atoms with Crippen LogP contribution < -0.4 is 0 Å². The molecule has 0 saturated carbocycles. The molecule has 0 spiro atoms. The molecule has 0 heterocycles. The van der Waals surface area contributed by atoms with E-state index in [-0.39, 0.29) is 10.9 Å². The summed E-state index contributed by atoms with van der Waals surface area (Å²) in [6.07, 6.45) is -7.60. The van der Waals surface area contributed by atoms with Gasteiger partial charge in [0.25, 0.3) is 0 Å². The Morgan fingerprint density at radius 2 is 1.65 bits per heavy atom. The Morgan fingerprint density at radius 1 is 1.12 bits per heavy atom. The van der Waals surface area contributed by atoms with Gasteiger partial charge in [-0.2, -0.15) is 0 Å². The van der Waals surface area contributed by atoms with Gasteiger partial charge in [0.15, 0.2) is 5.12 Å². The third-order valence-electron chi connectivity index (χ3n) is 1.92. The molecule has 0 atom stereocenters.